The number of aromatic nitrogens is 4. The maximum absolute atomic E-state index is 13.9. The van der Waals surface area contributed by atoms with Crippen LogP contribution in [-0.4, -0.2) is 26.8 Å². The third-order valence-electron chi connectivity index (χ3n) is 4.12. The highest BCUT2D eigenvalue weighted by atomic mass is 19.1. The smallest absolute Gasteiger partial charge is 0.170 e. The Balaban J connectivity index is 1.66. The van der Waals surface area contributed by atoms with Gasteiger partial charge in [0.2, 0.25) is 0 Å². The van der Waals surface area contributed by atoms with Crippen molar-refractivity contribution in [3.05, 3.63) is 35.2 Å². The van der Waals surface area contributed by atoms with Gasteiger partial charge < -0.3 is 4.90 Å². The average Bonchev–Trinajstić information content (AvgIpc) is 3.20. The number of hydrogen-bond acceptors (Lipinski definition) is 4. The Morgan fingerprint density at radius 2 is 2.10 bits per heavy atom. The monoisotopic (exact) mass is 291 g/mol. The van der Waals surface area contributed by atoms with Gasteiger partial charge in [0, 0.05) is 23.9 Å². The van der Waals surface area contributed by atoms with Crippen molar-refractivity contribution in [1.29, 1.82) is 0 Å². The summed E-state index contributed by atoms with van der Waals surface area (Å²) in [5, 5.41) is 11.8. The van der Waals surface area contributed by atoms with Crippen LogP contribution >= 0.6 is 0 Å². The minimum atomic E-state index is -0.542. The molecular weight excluding hydrogens is 276 g/mol. The summed E-state index contributed by atoms with van der Waals surface area (Å²) in [4.78, 5) is 1.97. The van der Waals surface area contributed by atoms with E-state index in [1.54, 1.807) is 0 Å². The van der Waals surface area contributed by atoms with Crippen LogP contribution in [0.5, 0.6) is 0 Å². The number of anilines is 1. The lowest BCUT2D eigenvalue weighted by atomic mass is 10.0. The second kappa shape index (κ2) is 4.75. The predicted octanol–water partition coefficient (Wildman–Crippen LogP) is 2.24. The van der Waals surface area contributed by atoms with Crippen molar-refractivity contribution in [2.75, 3.05) is 11.4 Å². The number of hydrogen-bond donors (Lipinski definition) is 0. The SMILES string of the molecule is Fc1cc(F)c2c(c1)N(Cc1nnnn1C1CC1)CCC2. The Hall–Kier alpha value is -2.05. The van der Waals surface area contributed by atoms with Gasteiger partial charge in [-0.1, -0.05) is 0 Å². The first-order valence-corrected chi connectivity index (χ1v) is 7.22. The maximum atomic E-state index is 13.9. The van der Waals surface area contributed by atoms with Gasteiger partial charge in [-0.25, -0.2) is 13.5 Å². The first-order chi connectivity index (χ1) is 10.2. The number of tetrazole rings is 1. The van der Waals surface area contributed by atoms with Gasteiger partial charge in [-0.15, -0.1) is 5.10 Å². The van der Waals surface area contributed by atoms with E-state index in [9.17, 15) is 8.78 Å². The predicted molar refractivity (Wildman–Crippen MR) is 71.8 cm³/mol. The Morgan fingerprint density at radius 1 is 1.24 bits per heavy atom. The van der Waals surface area contributed by atoms with Crippen molar-refractivity contribution in [2.45, 2.75) is 38.3 Å². The van der Waals surface area contributed by atoms with Crippen LogP contribution in [0.1, 0.15) is 36.7 Å². The van der Waals surface area contributed by atoms with Crippen LogP contribution in [0.25, 0.3) is 0 Å². The molecule has 0 unspecified atom stereocenters. The van der Waals surface area contributed by atoms with Crippen LogP contribution in [0.3, 0.4) is 0 Å². The molecule has 0 atom stereocenters. The molecule has 0 bridgehead atoms. The quantitative estimate of drug-likeness (QED) is 0.870. The molecule has 5 nitrogen and oxygen atoms in total. The molecule has 0 N–H and O–H groups in total. The molecule has 0 amide bonds. The van der Waals surface area contributed by atoms with Crippen molar-refractivity contribution in [2.24, 2.45) is 0 Å². The molecule has 1 fully saturated rings. The maximum Gasteiger partial charge on any atom is 0.170 e. The zero-order chi connectivity index (χ0) is 14.4. The molecule has 0 spiro atoms. The summed E-state index contributed by atoms with van der Waals surface area (Å²) < 4.78 is 29.2. The molecule has 1 aliphatic carbocycles. The lowest BCUT2D eigenvalue weighted by Crippen LogP contribution is -2.31. The fraction of sp³-hybridized carbons (Fsp3) is 0.500. The van der Waals surface area contributed by atoms with E-state index < -0.39 is 11.6 Å². The summed E-state index contributed by atoms with van der Waals surface area (Å²) in [6.07, 6.45) is 3.68. The van der Waals surface area contributed by atoms with Crippen LogP contribution in [0.2, 0.25) is 0 Å². The highest BCUT2D eigenvalue weighted by Crippen LogP contribution is 2.36. The molecule has 2 aliphatic rings. The Kier molecular flexibility index (Phi) is 2.87. The Morgan fingerprint density at radius 3 is 2.90 bits per heavy atom. The third-order valence-corrected chi connectivity index (χ3v) is 4.12. The zero-order valence-corrected chi connectivity index (χ0v) is 11.5. The number of benzene rings is 1. The van der Waals surface area contributed by atoms with Gasteiger partial charge in [0.25, 0.3) is 0 Å². The van der Waals surface area contributed by atoms with Gasteiger partial charge in [-0.3, -0.25) is 0 Å². The lowest BCUT2D eigenvalue weighted by molar-refractivity contribution is 0.544. The van der Waals surface area contributed by atoms with Crippen molar-refractivity contribution in [1.82, 2.24) is 20.2 Å². The van der Waals surface area contributed by atoms with E-state index in [0.717, 1.165) is 37.7 Å². The van der Waals surface area contributed by atoms with Gasteiger partial charge in [0.05, 0.1) is 12.6 Å². The Bertz CT molecular complexity index is 680. The fourth-order valence-electron chi connectivity index (χ4n) is 2.94. The van der Waals surface area contributed by atoms with E-state index >= 15 is 0 Å². The van der Waals surface area contributed by atoms with Crippen molar-refractivity contribution < 1.29 is 8.78 Å². The largest absolute Gasteiger partial charge is 0.364 e. The summed E-state index contributed by atoms with van der Waals surface area (Å²) in [7, 11) is 0. The van der Waals surface area contributed by atoms with Crippen LogP contribution in [0, 0.1) is 11.6 Å². The summed E-state index contributed by atoms with van der Waals surface area (Å²) in [6.45, 7) is 1.24. The standard InChI is InChI=1S/C14H15F2N5/c15-9-6-12(16)11-2-1-5-20(13(11)7-9)8-14-17-18-19-21(14)10-3-4-10/h6-7,10H,1-5,8H2. The van der Waals surface area contributed by atoms with Crippen LogP contribution in [0.15, 0.2) is 12.1 Å². The molecule has 7 heteroatoms. The summed E-state index contributed by atoms with van der Waals surface area (Å²) in [6, 6.07) is 2.75. The van der Waals surface area contributed by atoms with Crippen LogP contribution in [-0.2, 0) is 13.0 Å². The first kappa shape index (κ1) is 12.7. The van der Waals surface area contributed by atoms with Gasteiger partial charge in [-0.05, 0) is 42.2 Å². The second-order valence-electron chi connectivity index (χ2n) is 5.68. The molecule has 4 rings (SSSR count). The van der Waals surface area contributed by atoms with E-state index in [-0.39, 0.29) is 0 Å². The molecule has 0 saturated heterocycles. The van der Waals surface area contributed by atoms with Gasteiger partial charge in [0.1, 0.15) is 11.6 Å². The van der Waals surface area contributed by atoms with Gasteiger partial charge in [0.15, 0.2) is 5.82 Å². The zero-order valence-electron chi connectivity index (χ0n) is 11.5. The molecule has 110 valence electrons. The van der Waals surface area contributed by atoms with E-state index in [4.69, 9.17) is 0 Å². The molecule has 2 heterocycles. The molecule has 1 aromatic heterocycles. The van der Waals surface area contributed by atoms with E-state index in [1.165, 1.54) is 6.07 Å². The average molecular weight is 291 g/mol. The first-order valence-electron chi connectivity index (χ1n) is 7.22. The number of halogens is 2. The summed E-state index contributed by atoms with van der Waals surface area (Å²) in [5.41, 5.74) is 1.22. The summed E-state index contributed by atoms with van der Waals surface area (Å²) in [5.74, 6) is -0.244. The third kappa shape index (κ3) is 2.26. The number of rotatable bonds is 3. The molecule has 1 aliphatic heterocycles. The summed E-state index contributed by atoms with van der Waals surface area (Å²) >= 11 is 0. The number of nitrogens with zero attached hydrogens (tertiary/aromatic N) is 5. The molecule has 2 aromatic rings. The van der Waals surface area contributed by atoms with Gasteiger partial charge in [-0.2, -0.15) is 0 Å². The van der Waals surface area contributed by atoms with Crippen molar-refractivity contribution >= 4 is 5.69 Å². The topological polar surface area (TPSA) is 46.8 Å². The minimum absolute atomic E-state index is 0.392. The highest BCUT2D eigenvalue weighted by Gasteiger charge is 2.29. The Labute approximate surface area is 120 Å². The molecule has 1 aromatic carbocycles. The minimum Gasteiger partial charge on any atom is -0.364 e. The van der Waals surface area contributed by atoms with Crippen LogP contribution in [0.4, 0.5) is 14.5 Å². The molecule has 21 heavy (non-hydrogen) atoms. The van der Waals surface area contributed by atoms with E-state index in [2.05, 4.69) is 15.5 Å². The van der Waals surface area contributed by atoms with Gasteiger partial charge >= 0.3 is 0 Å². The van der Waals surface area contributed by atoms with Crippen molar-refractivity contribution in [3.63, 3.8) is 0 Å². The molecular formula is C14H15F2N5. The number of fused-ring (bicyclic) bond motifs is 1. The normalized spacial score (nSPS) is 17.9. The van der Waals surface area contributed by atoms with Crippen molar-refractivity contribution in [3.8, 4) is 0 Å². The second-order valence-corrected chi connectivity index (χ2v) is 5.68. The molecule has 1 saturated carbocycles. The molecule has 0 radical (unpaired) electrons. The lowest BCUT2D eigenvalue weighted by Gasteiger charge is -2.31. The van der Waals surface area contributed by atoms with E-state index in [1.807, 2.05) is 9.58 Å². The van der Waals surface area contributed by atoms with Crippen LogP contribution < -0.4 is 4.90 Å². The highest BCUT2D eigenvalue weighted by molar-refractivity contribution is 5.56. The fourth-order valence-corrected chi connectivity index (χ4v) is 2.94. The van der Waals surface area contributed by atoms with E-state index in [0.29, 0.717) is 30.3 Å².